The van der Waals surface area contributed by atoms with Crippen LogP contribution in [-0.4, -0.2) is 5.91 Å². The van der Waals surface area contributed by atoms with Gasteiger partial charge in [0, 0.05) is 26.0 Å². The molecule has 0 atom stereocenters. The summed E-state index contributed by atoms with van der Waals surface area (Å²) in [5, 5.41) is 2.58. The molecule has 1 aliphatic carbocycles. The SMILES string of the molecule is C=[C-]NC(=O)[C-]1CC(C)(C)Cc2ccc(C)cc21.CC.[Tc]. The average Bonchev–Trinajstić information content (AvgIpc) is 2.40. The standard InChI is InChI=1S/C16H19NO.C2H6.Tc/c1-5-17-15(18)14-10-16(3,4)9-12-7-6-11(2)8-13(12)14;1-2;/h6-8H,1,9-10H2,2-4H3,(H,17,18);1-2H3;/q-2;;. The fourth-order valence-electron chi connectivity index (χ4n) is 2.64. The molecule has 0 fully saturated rings. The number of carbonyl (C=O) groups excluding carboxylic acids is 1. The molecule has 2 nitrogen and oxygen atoms in total. The van der Waals surface area contributed by atoms with Crippen molar-refractivity contribution in [3.8, 4) is 0 Å². The Labute approximate surface area is 142 Å². The number of amides is 1. The fourth-order valence-corrected chi connectivity index (χ4v) is 2.64. The van der Waals surface area contributed by atoms with Crippen molar-refractivity contribution in [2.45, 2.75) is 47.5 Å². The molecular weight excluding hydrogens is 344 g/mol. The van der Waals surface area contributed by atoms with E-state index in [4.69, 9.17) is 0 Å². The quantitative estimate of drug-likeness (QED) is 0.620. The minimum atomic E-state index is -0.0791. The van der Waals surface area contributed by atoms with Gasteiger partial charge in [-0.3, -0.25) is 0 Å². The summed E-state index contributed by atoms with van der Waals surface area (Å²) in [7, 11) is 0. The zero-order valence-corrected chi connectivity index (χ0v) is 15.5. The third kappa shape index (κ3) is 5.01. The molecule has 3 heteroatoms. The van der Waals surface area contributed by atoms with Crippen LogP contribution in [-0.2, 0) is 31.3 Å². The minimum Gasteiger partial charge on any atom is -0.503 e. The number of hydrogen-bond donors (Lipinski definition) is 1. The fraction of sp³-hybridized carbons (Fsp3) is 0.444. The van der Waals surface area contributed by atoms with Gasteiger partial charge in [-0.1, -0.05) is 53.5 Å². The summed E-state index contributed by atoms with van der Waals surface area (Å²) >= 11 is 0. The van der Waals surface area contributed by atoms with Crippen LogP contribution in [0.5, 0.6) is 0 Å². The monoisotopic (exact) mass is 368 g/mol. The van der Waals surface area contributed by atoms with E-state index < -0.39 is 0 Å². The first-order chi connectivity index (χ1) is 9.43. The molecule has 1 amide bonds. The van der Waals surface area contributed by atoms with E-state index in [1.165, 1.54) is 11.1 Å². The first-order valence-corrected chi connectivity index (χ1v) is 7.21. The van der Waals surface area contributed by atoms with E-state index in [1.807, 2.05) is 13.8 Å². The van der Waals surface area contributed by atoms with Crippen molar-refractivity contribution >= 4 is 5.91 Å². The molecule has 1 N–H and O–H groups in total. The summed E-state index contributed by atoms with van der Waals surface area (Å²) in [5.74, 6) is 0.769. The second-order valence-corrected chi connectivity index (χ2v) is 5.79. The zero-order chi connectivity index (χ0) is 15.3. The van der Waals surface area contributed by atoms with E-state index in [0.717, 1.165) is 24.3 Å². The molecule has 0 unspecified atom stereocenters. The van der Waals surface area contributed by atoms with Gasteiger partial charge in [-0.2, -0.15) is 30.3 Å². The number of fused-ring (bicyclic) bond motifs is 1. The Balaban J connectivity index is 0.00000128. The third-order valence-corrected chi connectivity index (χ3v) is 3.39. The Bertz CT molecular complexity index is 494. The Hall–Kier alpha value is -1.05. The van der Waals surface area contributed by atoms with Gasteiger partial charge in [0.15, 0.2) is 0 Å². The molecule has 0 spiro atoms. The van der Waals surface area contributed by atoms with Gasteiger partial charge in [-0.15, -0.1) is 17.2 Å². The van der Waals surface area contributed by atoms with Crippen LogP contribution in [0.4, 0.5) is 0 Å². The summed E-state index contributed by atoms with van der Waals surface area (Å²) in [6, 6.07) is 6.34. The Kier molecular flexibility index (Phi) is 7.99. The predicted octanol–water partition coefficient (Wildman–Crippen LogP) is 3.98. The minimum absolute atomic E-state index is 0. The van der Waals surface area contributed by atoms with Crippen molar-refractivity contribution in [3.63, 3.8) is 0 Å². The van der Waals surface area contributed by atoms with Gasteiger partial charge >= 0.3 is 0 Å². The summed E-state index contributed by atoms with van der Waals surface area (Å²) in [6.07, 6.45) is 4.27. The first kappa shape index (κ1) is 19.9. The zero-order valence-electron chi connectivity index (χ0n) is 13.6. The van der Waals surface area contributed by atoms with E-state index in [2.05, 4.69) is 57.1 Å². The Morgan fingerprint density at radius 2 is 2.00 bits per heavy atom. The van der Waals surface area contributed by atoms with Crippen molar-refractivity contribution in [2.75, 3.05) is 0 Å². The molecule has 1 aromatic carbocycles. The van der Waals surface area contributed by atoms with Crippen molar-refractivity contribution < 1.29 is 24.9 Å². The van der Waals surface area contributed by atoms with Crippen molar-refractivity contribution in [3.05, 3.63) is 53.6 Å². The number of aryl methyl sites for hydroxylation is 1. The molecule has 21 heavy (non-hydrogen) atoms. The molecule has 2 rings (SSSR count). The van der Waals surface area contributed by atoms with Crippen LogP contribution in [0.25, 0.3) is 0 Å². The van der Waals surface area contributed by atoms with Crippen LogP contribution in [0.2, 0.25) is 0 Å². The van der Waals surface area contributed by atoms with Gasteiger partial charge in [-0.05, 0) is 5.41 Å². The van der Waals surface area contributed by atoms with E-state index in [1.54, 1.807) is 0 Å². The van der Waals surface area contributed by atoms with Gasteiger partial charge < -0.3 is 10.1 Å². The van der Waals surface area contributed by atoms with Crippen molar-refractivity contribution in [2.24, 2.45) is 5.41 Å². The maximum absolute atomic E-state index is 12.1. The largest absolute Gasteiger partial charge is 0.503 e. The Morgan fingerprint density at radius 3 is 2.57 bits per heavy atom. The number of carbonyl (C=O) groups is 1. The van der Waals surface area contributed by atoms with Crippen molar-refractivity contribution in [1.82, 2.24) is 5.32 Å². The van der Waals surface area contributed by atoms with Crippen molar-refractivity contribution in [1.29, 1.82) is 0 Å². The molecule has 0 aromatic heterocycles. The molecule has 0 aliphatic heterocycles. The third-order valence-electron chi connectivity index (χ3n) is 3.39. The molecule has 117 valence electrons. The molecule has 0 bridgehead atoms. The Morgan fingerprint density at radius 1 is 1.38 bits per heavy atom. The molecule has 0 saturated heterocycles. The second kappa shape index (κ2) is 8.41. The van der Waals surface area contributed by atoms with Gasteiger partial charge in [-0.25, -0.2) is 0 Å². The van der Waals surface area contributed by atoms with E-state index in [9.17, 15) is 4.79 Å². The number of rotatable bonds is 2. The normalized spacial score (nSPS) is 14.8. The molecular formula is C18H25NOTc-2. The molecule has 1 aromatic rings. The summed E-state index contributed by atoms with van der Waals surface area (Å²) in [4.78, 5) is 12.1. The van der Waals surface area contributed by atoms with Gasteiger partial charge in [0.05, 0.1) is 0 Å². The molecule has 0 heterocycles. The van der Waals surface area contributed by atoms with E-state index in [-0.39, 0.29) is 31.4 Å². The predicted molar refractivity (Wildman–Crippen MR) is 84.0 cm³/mol. The topological polar surface area (TPSA) is 29.1 Å². The summed E-state index contributed by atoms with van der Waals surface area (Å²) in [5.41, 5.74) is 3.64. The van der Waals surface area contributed by atoms with Crippen LogP contribution >= 0.6 is 0 Å². The first-order valence-electron chi connectivity index (χ1n) is 7.21. The van der Waals surface area contributed by atoms with Gasteiger partial charge in [0.25, 0.3) is 0 Å². The maximum atomic E-state index is 12.1. The van der Waals surface area contributed by atoms with Crippen LogP contribution in [0.3, 0.4) is 0 Å². The number of hydrogen-bond acceptors (Lipinski definition) is 1. The molecule has 1 aliphatic rings. The second-order valence-electron chi connectivity index (χ2n) is 5.79. The average molecular weight is 369 g/mol. The van der Waals surface area contributed by atoms with Gasteiger partial charge in [0.2, 0.25) is 0 Å². The molecule has 0 saturated carbocycles. The maximum Gasteiger partial charge on any atom is 0.0374 e. The van der Waals surface area contributed by atoms with Gasteiger partial charge in [0.1, 0.15) is 0 Å². The van der Waals surface area contributed by atoms with Crippen LogP contribution < -0.4 is 5.32 Å². The number of benzene rings is 1. The van der Waals surface area contributed by atoms with Crippen LogP contribution in [0, 0.1) is 24.5 Å². The van der Waals surface area contributed by atoms with E-state index in [0.29, 0.717) is 0 Å². The number of nitrogens with one attached hydrogen (secondary N) is 1. The van der Waals surface area contributed by atoms with Crippen LogP contribution in [0.15, 0.2) is 24.8 Å². The summed E-state index contributed by atoms with van der Waals surface area (Å²) in [6.45, 7) is 13.9. The summed E-state index contributed by atoms with van der Waals surface area (Å²) < 4.78 is 0. The smallest absolute Gasteiger partial charge is 0.0374 e. The van der Waals surface area contributed by atoms with Crippen LogP contribution in [0.1, 0.15) is 50.8 Å². The van der Waals surface area contributed by atoms with E-state index >= 15 is 0 Å². The molecule has 1 radical (unpaired) electrons.